The van der Waals surface area contributed by atoms with Crippen molar-refractivity contribution in [3.63, 3.8) is 0 Å². The van der Waals surface area contributed by atoms with Crippen LogP contribution in [0.5, 0.6) is 0 Å². The van der Waals surface area contributed by atoms with Crippen LogP contribution in [0.2, 0.25) is 0 Å². The Balaban J connectivity index is 1.71. The normalized spacial score (nSPS) is 29.7. The summed E-state index contributed by atoms with van der Waals surface area (Å²) >= 11 is 0. The Morgan fingerprint density at radius 3 is 2.43 bits per heavy atom. The van der Waals surface area contributed by atoms with Gasteiger partial charge in [-0.1, -0.05) is 36.4 Å². The van der Waals surface area contributed by atoms with Crippen LogP contribution in [0.3, 0.4) is 0 Å². The van der Waals surface area contributed by atoms with E-state index in [1.54, 1.807) is 0 Å². The summed E-state index contributed by atoms with van der Waals surface area (Å²) < 4.78 is 19.9. The van der Waals surface area contributed by atoms with Gasteiger partial charge in [0.2, 0.25) is 0 Å². The number of benzene rings is 2. The summed E-state index contributed by atoms with van der Waals surface area (Å²) in [6, 6.07) is 15.8. The van der Waals surface area contributed by atoms with Gasteiger partial charge in [0.05, 0.1) is 5.60 Å². The molecule has 0 bridgehead atoms. The molecule has 2 nitrogen and oxygen atoms in total. The average Bonchev–Trinajstić information content (AvgIpc) is 2.91. The van der Waals surface area contributed by atoms with Crippen LogP contribution in [0.25, 0.3) is 0 Å². The van der Waals surface area contributed by atoms with Crippen molar-refractivity contribution in [3.8, 4) is 0 Å². The molecule has 120 valence electrons. The van der Waals surface area contributed by atoms with Gasteiger partial charge >= 0.3 is 0 Å². The molecule has 23 heavy (non-hydrogen) atoms. The smallest absolute Gasteiger partial charge is 0.123 e. The van der Waals surface area contributed by atoms with Crippen molar-refractivity contribution >= 4 is 0 Å². The molecule has 2 aliphatic rings. The molecule has 2 aromatic carbocycles. The van der Waals surface area contributed by atoms with Gasteiger partial charge in [0, 0.05) is 6.04 Å². The highest BCUT2D eigenvalue weighted by atomic mass is 19.1. The molecule has 0 amide bonds. The van der Waals surface area contributed by atoms with Crippen molar-refractivity contribution in [1.29, 1.82) is 0 Å². The minimum atomic E-state index is -0.204. The summed E-state index contributed by atoms with van der Waals surface area (Å²) in [5.41, 5.74) is 3.42. The van der Waals surface area contributed by atoms with Crippen LogP contribution in [-0.2, 0) is 10.3 Å². The Morgan fingerprint density at radius 1 is 1.04 bits per heavy atom. The second-order valence-corrected chi connectivity index (χ2v) is 6.69. The quantitative estimate of drug-likeness (QED) is 0.892. The standard InChI is InChI=1S/C20H22FNO/c1-22-16-10-12-20(13-11-16)18-5-3-2-4-17(18)19(23-20)14-6-8-15(21)9-7-14/h2-9,16,19,22H,10-13H2,1H3. The van der Waals surface area contributed by atoms with E-state index in [9.17, 15) is 4.39 Å². The Labute approximate surface area is 136 Å². The molecule has 0 aromatic heterocycles. The summed E-state index contributed by atoms with van der Waals surface area (Å²) in [4.78, 5) is 0. The molecule has 1 heterocycles. The van der Waals surface area contributed by atoms with Gasteiger partial charge < -0.3 is 10.1 Å². The second kappa shape index (κ2) is 5.73. The number of ether oxygens (including phenoxy) is 1. The first-order chi connectivity index (χ1) is 11.2. The van der Waals surface area contributed by atoms with Crippen molar-refractivity contribution in [2.75, 3.05) is 7.05 Å². The number of fused-ring (bicyclic) bond motifs is 2. The van der Waals surface area contributed by atoms with Gasteiger partial charge in [0.25, 0.3) is 0 Å². The first-order valence-corrected chi connectivity index (χ1v) is 8.42. The number of hydrogen-bond acceptors (Lipinski definition) is 2. The highest BCUT2D eigenvalue weighted by Gasteiger charge is 2.46. The Morgan fingerprint density at radius 2 is 1.74 bits per heavy atom. The lowest BCUT2D eigenvalue weighted by Crippen LogP contribution is -2.38. The van der Waals surface area contributed by atoms with Gasteiger partial charge in [-0.25, -0.2) is 4.39 Å². The fourth-order valence-corrected chi connectivity index (χ4v) is 4.14. The van der Waals surface area contributed by atoms with Crippen molar-refractivity contribution < 1.29 is 9.13 Å². The van der Waals surface area contributed by atoms with Gasteiger partial charge in [0.15, 0.2) is 0 Å². The molecule has 2 aromatic rings. The molecule has 1 spiro atoms. The highest BCUT2D eigenvalue weighted by molar-refractivity contribution is 5.43. The molecule has 1 unspecified atom stereocenters. The third-order valence-electron chi connectivity index (χ3n) is 5.45. The summed E-state index contributed by atoms with van der Waals surface area (Å²) in [5, 5.41) is 3.39. The molecule has 4 rings (SSSR count). The summed E-state index contributed by atoms with van der Waals surface area (Å²) in [7, 11) is 2.04. The topological polar surface area (TPSA) is 21.3 Å². The average molecular weight is 311 g/mol. The molecule has 3 heteroatoms. The zero-order valence-electron chi connectivity index (χ0n) is 13.4. The zero-order chi connectivity index (χ0) is 15.9. The van der Waals surface area contributed by atoms with E-state index < -0.39 is 0 Å². The minimum Gasteiger partial charge on any atom is -0.358 e. The van der Waals surface area contributed by atoms with Crippen LogP contribution in [0.1, 0.15) is 48.5 Å². The third-order valence-corrected chi connectivity index (χ3v) is 5.45. The lowest BCUT2D eigenvalue weighted by Gasteiger charge is -2.38. The lowest BCUT2D eigenvalue weighted by atomic mass is 9.77. The molecular weight excluding hydrogens is 289 g/mol. The van der Waals surface area contributed by atoms with E-state index in [0.29, 0.717) is 6.04 Å². The Hall–Kier alpha value is -1.71. The summed E-state index contributed by atoms with van der Waals surface area (Å²) in [6.07, 6.45) is 4.24. The molecule has 0 radical (unpaired) electrons. The van der Waals surface area contributed by atoms with E-state index in [1.165, 1.54) is 23.3 Å². The first kappa shape index (κ1) is 14.9. The molecule has 1 aliphatic heterocycles. The number of nitrogens with one attached hydrogen (secondary N) is 1. The highest BCUT2D eigenvalue weighted by Crippen LogP contribution is 2.52. The SMILES string of the molecule is CNC1CCC2(CC1)OC(c1ccc(F)cc1)c1ccccc12. The van der Waals surface area contributed by atoms with E-state index in [1.807, 2.05) is 19.2 Å². The van der Waals surface area contributed by atoms with Crippen molar-refractivity contribution in [3.05, 3.63) is 71.0 Å². The van der Waals surface area contributed by atoms with E-state index in [0.717, 1.165) is 31.2 Å². The third kappa shape index (κ3) is 2.48. The van der Waals surface area contributed by atoms with E-state index in [2.05, 4.69) is 29.6 Å². The summed E-state index contributed by atoms with van der Waals surface area (Å²) in [6.45, 7) is 0. The molecule has 0 saturated heterocycles. The molecule has 1 atom stereocenters. The first-order valence-electron chi connectivity index (χ1n) is 8.42. The maximum atomic E-state index is 13.3. The summed E-state index contributed by atoms with van der Waals surface area (Å²) in [5.74, 6) is -0.204. The van der Waals surface area contributed by atoms with Crippen molar-refractivity contribution in [1.82, 2.24) is 5.32 Å². The van der Waals surface area contributed by atoms with Gasteiger partial charge in [-0.2, -0.15) is 0 Å². The predicted molar refractivity (Wildman–Crippen MR) is 88.8 cm³/mol. The van der Waals surface area contributed by atoms with E-state index in [-0.39, 0.29) is 17.5 Å². The van der Waals surface area contributed by atoms with Crippen molar-refractivity contribution in [2.45, 2.75) is 43.4 Å². The van der Waals surface area contributed by atoms with Crippen LogP contribution in [0, 0.1) is 5.82 Å². The van der Waals surface area contributed by atoms with Gasteiger partial charge in [0.1, 0.15) is 11.9 Å². The molecule has 1 aliphatic carbocycles. The maximum absolute atomic E-state index is 13.3. The number of hydrogen-bond donors (Lipinski definition) is 1. The van der Waals surface area contributed by atoms with Crippen LogP contribution in [0.4, 0.5) is 4.39 Å². The van der Waals surface area contributed by atoms with Gasteiger partial charge in [-0.15, -0.1) is 0 Å². The fraction of sp³-hybridized carbons (Fsp3) is 0.400. The van der Waals surface area contributed by atoms with Crippen LogP contribution < -0.4 is 5.32 Å². The molecule has 1 fully saturated rings. The van der Waals surface area contributed by atoms with E-state index in [4.69, 9.17) is 4.74 Å². The van der Waals surface area contributed by atoms with Crippen LogP contribution >= 0.6 is 0 Å². The van der Waals surface area contributed by atoms with Gasteiger partial charge in [-0.05, 0) is 61.6 Å². The molecule has 1 N–H and O–H groups in total. The second-order valence-electron chi connectivity index (χ2n) is 6.69. The zero-order valence-corrected chi connectivity index (χ0v) is 13.4. The molecule has 1 saturated carbocycles. The fourth-order valence-electron chi connectivity index (χ4n) is 4.14. The van der Waals surface area contributed by atoms with Gasteiger partial charge in [-0.3, -0.25) is 0 Å². The van der Waals surface area contributed by atoms with Crippen LogP contribution in [-0.4, -0.2) is 13.1 Å². The Bertz CT molecular complexity index is 689. The maximum Gasteiger partial charge on any atom is 0.123 e. The van der Waals surface area contributed by atoms with Crippen LogP contribution in [0.15, 0.2) is 48.5 Å². The minimum absolute atomic E-state index is 0.0852. The van der Waals surface area contributed by atoms with E-state index >= 15 is 0 Å². The number of rotatable bonds is 2. The largest absolute Gasteiger partial charge is 0.358 e. The Kier molecular flexibility index (Phi) is 3.70. The monoisotopic (exact) mass is 311 g/mol. The predicted octanol–water partition coefficient (Wildman–Crippen LogP) is 4.30. The van der Waals surface area contributed by atoms with Crippen molar-refractivity contribution in [2.24, 2.45) is 0 Å². The molecular formula is C20H22FNO. The lowest BCUT2D eigenvalue weighted by molar-refractivity contribution is -0.0878. The number of halogens is 1.